The van der Waals surface area contributed by atoms with Crippen LogP contribution in [-0.2, 0) is 16.1 Å². The Labute approximate surface area is 162 Å². The number of fused-ring (bicyclic) bond motifs is 2. The van der Waals surface area contributed by atoms with E-state index in [-0.39, 0.29) is 18.7 Å². The lowest BCUT2D eigenvalue weighted by Gasteiger charge is -2.46. The van der Waals surface area contributed by atoms with Crippen molar-refractivity contribution in [1.29, 1.82) is 0 Å². The average molecular weight is 382 g/mol. The van der Waals surface area contributed by atoms with Gasteiger partial charge in [0, 0.05) is 32.1 Å². The highest BCUT2D eigenvalue weighted by Gasteiger charge is 2.45. The summed E-state index contributed by atoms with van der Waals surface area (Å²) in [6.07, 6.45) is 1.39. The zero-order chi connectivity index (χ0) is 19.4. The summed E-state index contributed by atoms with van der Waals surface area (Å²) in [7, 11) is 0. The van der Waals surface area contributed by atoms with Crippen molar-refractivity contribution in [2.45, 2.75) is 37.9 Å². The molecule has 4 aliphatic rings. The lowest BCUT2D eigenvalue weighted by molar-refractivity contribution is -0.136. The molecule has 0 saturated carbocycles. The SMILES string of the molecule is O=C1CCC(N2C(=O)c3cccc(CN4CC[C@@H]5NC[C@@H]5C4)c3C2=O)C(=O)N1. The first-order valence-corrected chi connectivity index (χ1v) is 9.82. The molecule has 2 N–H and O–H groups in total. The van der Waals surface area contributed by atoms with Crippen LogP contribution >= 0.6 is 0 Å². The van der Waals surface area contributed by atoms with Gasteiger partial charge in [-0.15, -0.1) is 0 Å². The molecule has 8 heteroatoms. The smallest absolute Gasteiger partial charge is 0.262 e. The predicted octanol–water partition coefficient (Wildman–Crippen LogP) is -0.118. The third-order valence-electron chi connectivity index (χ3n) is 6.41. The maximum absolute atomic E-state index is 13.1. The summed E-state index contributed by atoms with van der Waals surface area (Å²) in [6.45, 7) is 3.60. The number of hydrogen-bond acceptors (Lipinski definition) is 6. The Morgan fingerprint density at radius 1 is 1.07 bits per heavy atom. The maximum Gasteiger partial charge on any atom is 0.262 e. The molecular weight excluding hydrogens is 360 g/mol. The van der Waals surface area contributed by atoms with E-state index in [0.29, 0.717) is 29.6 Å². The van der Waals surface area contributed by atoms with Gasteiger partial charge in [0.15, 0.2) is 0 Å². The molecule has 3 atom stereocenters. The Morgan fingerprint density at radius 2 is 1.93 bits per heavy atom. The summed E-state index contributed by atoms with van der Waals surface area (Å²) in [6, 6.07) is 5.03. The number of benzene rings is 1. The van der Waals surface area contributed by atoms with Crippen LogP contribution in [0, 0.1) is 5.92 Å². The van der Waals surface area contributed by atoms with Crippen molar-refractivity contribution in [3.63, 3.8) is 0 Å². The number of nitrogens with one attached hydrogen (secondary N) is 2. The minimum Gasteiger partial charge on any atom is -0.313 e. The van der Waals surface area contributed by atoms with Crippen molar-refractivity contribution >= 4 is 23.6 Å². The minimum atomic E-state index is -0.922. The van der Waals surface area contributed by atoms with E-state index in [0.717, 1.165) is 36.5 Å². The molecule has 4 amide bonds. The van der Waals surface area contributed by atoms with Crippen molar-refractivity contribution in [3.8, 4) is 0 Å². The van der Waals surface area contributed by atoms with Crippen LogP contribution < -0.4 is 10.6 Å². The molecule has 4 heterocycles. The summed E-state index contributed by atoms with van der Waals surface area (Å²) in [4.78, 5) is 53.0. The number of carbonyl (C=O) groups is 4. The van der Waals surface area contributed by atoms with Gasteiger partial charge in [-0.25, -0.2) is 0 Å². The Kier molecular flexibility index (Phi) is 4.06. The van der Waals surface area contributed by atoms with Gasteiger partial charge in [0.2, 0.25) is 11.8 Å². The lowest BCUT2D eigenvalue weighted by atomic mass is 9.85. The lowest BCUT2D eigenvalue weighted by Crippen LogP contribution is -2.61. The van der Waals surface area contributed by atoms with Gasteiger partial charge in [-0.2, -0.15) is 0 Å². The van der Waals surface area contributed by atoms with Crippen molar-refractivity contribution in [1.82, 2.24) is 20.4 Å². The van der Waals surface area contributed by atoms with E-state index in [1.165, 1.54) is 0 Å². The molecule has 4 aliphatic heterocycles. The van der Waals surface area contributed by atoms with Crippen LogP contribution in [0.5, 0.6) is 0 Å². The standard InChI is InChI=1S/C20H22N4O4/c25-16-5-4-15(18(26)22-16)24-19(27)13-3-1-2-11(17(13)20(24)28)9-23-7-6-14-12(10-23)8-21-14/h1-3,12,14-15,21H,4-10H2,(H,22,25,26)/t12-,14+,15?/m1/s1. The van der Waals surface area contributed by atoms with Crippen molar-refractivity contribution in [2.75, 3.05) is 19.6 Å². The van der Waals surface area contributed by atoms with Crippen molar-refractivity contribution in [2.24, 2.45) is 5.92 Å². The molecule has 0 spiro atoms. The highest BCUT2D eigenvalue weighted by Crippen LogP contribution is 2.31. The van der Waals surface area contributed by atoms with Gasteiger partial charge in [0.1, 0.15) is 6.04 Å². The molecule has 1 aromatic rings. The highest BCUT2D eigenvalue weighted by atomic mass is 16.2. The molecule has 1 unspecified atom stereocenters. The molecule has 0 radical (unpaired) electrons. The van der Waals surface area contributed by atoms with E-state index in [4.69, 9.17) is 0 Å². The van der Waals surface area contributed by atoms with Crippen LogP contribution in [0.25, 0.3) is 0 Å². The van der Waals surface area contributed by atoms with Gasteiger partial charge < -0.3 is 5.32 Å². The molecule has 3 fully saturated rings. The number of imide groups is 2. The Bertz CT molecular complexity index is 898. The van der Waals surface area contributed by atoms with E-state index in [1.54, 1.807) is 12.1 Å². The van der Waals surface area contributed by atoms with E-state index < -0.39 is 23.8 Å². The zero-order valence-corrected chi connectivity index (χ0v) is 15.4. The van der Waals surface area contributed by atoms with Crippen LogP contribution in [-0.4, -0.2) is 65.1 Å². The van der Waals surface area contributed by atoms with Gasteiger partial charge in [0.25, 0.3) is 11.8 Å². The maximum atomic E-state index is 13.1. The number of nitrogens with zero attached hydrogens (tertiary/aromatic N) is 2. The van der Waals surface area contributed by atoms with Gasteiger partial charge in [-0.05, 0) is 36.9 Å². The summed E-state index contributed by atoms with van der Waals surface area (Å²) in [5.74, 6) is -1.16. The molecule has 0 aliphatic carbocycles. The second-order valence-electron chi connectivity index (χ2n) is 8.09. The van der Waals surface area contributed by atoms with Crippen molar-refractivity contribution < 1.29 is 19.2 Å². The first kappa shape index (κ1) is 17.5. The zero-order valence-electron chi connectivity index (χ0n) is 15.4. The molecule has 0 bridgehead atoms. The molecule has 8 nitrogen and oxygen atoms in total. The molecule has 1 aromatic carbocycles. The van der Waals surface area contributed by atoms with Crippen molar-refractivity contribution in [3.05, 3.63) is 34.9 Å². The average Bonchev–Trinajstić information content (AvgIpc) is 2.90. The Balaban J connectivity index is 1.40. The van der Waals surface area contributed by atoms with E-state index in [1.807, 2.05) is 6.07 Å². The van der Waals surface area contributed by atoms with Gasteiger partial charge >= 0.3 is 0 Å². The van der Waals surface area contributed by atoms with Crippen LogP contribution in [0.4, 0.5) is 0 Å². The predicted molar refractivity (Wildman–Crippen MR) is 98.3 cm³/mol. The first-order chi connectivity index (χ1) is 13.5. The largest absolute Gasteiger partial charge is 0.313 e. The fourth-order valence-electron chi connectivity index (χ4n) is 4.83. The summed E-state index contributed by atoms with van der Waals surface area (Å²) in [5, 5.41) is 5.67. The van der Waals surface area contributed by atoms with Gasteiger partial charge in [0.05, 0.1) is 11.1 Å². The summed E-state index contributed by atoms with van der Waals surface area (Å²) < 4.78 is 0. The number of likely N-dealkylation sites (tertiary alicyclic amines) is 1. The second-order valence-corrected chi connectivity index (χ2v) is 8.09. The Hall–Kier alpha value is -2.58. The van der Waals surface area contributed by atoms with E-state index in [2.05, 4.69) is 15.5 Å². The Morgan fingerprint density at radius 3 is 2.64 bits per heavy atom. The number of rotatable bonds is 3. The second kappa shape index (κ2) is 6.49. The quantitative estimate of drug-likeness (QED) is 0.708. The number of amides is 4. The molecule has 0 aromatic heterocycles. The minimum absolute atomic E-state index is 0.126. The molecular formula is C20H22N4O4. The topological polar surface area (TPSA) is 98.8 Å². The molecule has 146 valence electrons. The normalized spacial score (nSPS) is 30.0. The third kappa shape index (κ3) is 2.67. The molecule has 5 rings (SSSR count). The van der Waals surface area contributed by atoms with E-state index >= 15 is 0 Å². The summed E-state index contributed by atoms with van der Waals surface area (Å²) in [5.41, 5.74) is 1.59. The molecule has 3 saturated heterocycles. The molecule has 28 heavy (non-hydrogen) atoms. The van der Waals surface area contributed by atoms with Crippen LogP contribution in [0.3, 0.4) is 0 Å². The highest BCUT2D eigenvalue weighted by molar-refractivity contribution is 6.24. The number of hydrogen-bond donors (Lipinski definition) is 2. The van der Waals surface area contributed by atoms with Gasteiger partial charge in [-0.3, -0.25) is 34.3 Å². The fourth-order valence-corrected chi connectivity index (χ4v) is 4.83. The van der Waals surface area contributed by atoms with Crippen LogP contribution in [0.1, 0.15) is 45.5 Å². The van der Waals surface area contributed by atoms with Crippen LogP contribution in [0.2, 0.25) is 0 Å². The summed E-state index contributed by atoms with van der Waals surface area (Å²) >= 11 is 0. The monoisotopic (exact) mass is 382 g/mol. The number of piperidine rings is 2. The third-order valence-corrected chi connectivity index (χ3v) is 6.41. The first-order valence-electron chi connectivity index (χ1n) is 9.82. The van der Waals surface area contributed by atoms with E-state index in [9.17, 15) is 19.2 Å². The van der Waals surface area contributed by atoms with Crippen LogP contribution in [0.15, 0.2) is 18.2 Å². The number of carbonyl (C=O) groups excluding carboxylic acids is 4. The van der Waals surface area contributed by atoms with Gasteiger partial charge in [-0.1, -0.05) is 12.1 Å². The fraction of sp³-hybridized carbons (Fsp3) is 0.500.